The molecule has 0 radical (unpaired) electrons. The first-order chi connectivity index (χ1) is 30.2. The van der Waals surface area contributed by atoms with E-state index in [1.807, 2.05) is 18.7 Å². The molecule has 3 aliphatic rings. The minimum Gasteiger partial charge on any atom is -0.508 e. The van der Waals surface area contributed by atoms with Crippen molar-refractivity contribution in [2.75, 3.05) is 31.1 Å². The fraction of sp³-hybridized carbons (Fsp3) is 0.311. The van der Waals surface area contributed by atoms with Crippen LogP contribution in [0.3, 0.4) is 0 Å². The van der Waals surface area contributed by atoms with Crippen LogP contribution in [-0.4, -0.2) is 107 Å². The monoisotopic (exact) mass is 860 g/mol. The molecule has 4 heterocycles. The van der Waals surface area contributed by atoms with Crippen molar-refractivity contribution >= 4 is 35.4 Å². The third-order valence-corrected chi connectivity index (χ3v) is 11.9. The summed E-state index contributed by atoms with van der Waals surface area (Å²) in [7, 11) is 0. The minimum atomic E-state index is -1.23. The zero-order valence-corrected chi connectivity index (χ0v) is 34.5. The van der Waals surface area contributed by atoms with Crippen LogP contribution in [0.2, 0.25) is 0 Å². The van der Waals surface area contributed by atoms with Crippen LogP contribution in [0.5, 0.6) is 11.5 Å². The van der Waals surface area contributed by atoms with Gasteiger partial charge in [-0.25, -0.2) is 23.6 Å². The van der Waals surface area contributed by atoms with Crippen LogP contribution in [-0.2, 0) is 40.4 Å². The Morgan fingerprint density at radius 1 is 0.905 bits per heavy atom. The van der Waals surface area contributed by atoms with Crippen molar-refractivity contribution in [3.63, 3.8) is 0 Å². The van der Waals surface area contributed by atoms with Gasteiger partial charge in [-0.2, -0.15) is 5.10 Å². The maximum Gasteiger partial charge on any atom is 0.412 e. The number of phenols is 2. The van der Waals surface area contributed by atoms with E-state index in [-0.39, 0.29) is 79.3 Å². The molecule has 0 saturated carbocycles. The van der Waals surface area contributed by atoms with E-state index in [4.69, 9.17) is 0 Å². The summed E-state index contributed by atoms with van der Waals surface area (Å²) in [5.41, 5.74) is 3.19. The van der Waals surface area contributed by atoms with Gasteiger partial charge < -0.3 is 25.1 Å². The summed E-state index contributed by atoms with van der Waals surface area (Å²) in [6.07, 6.45) is -0.824. The Kier molecular flexibility index (Phi) is 11.6. The zero-order valence-electron chi connectivity index (χ0n) is 34.5. The van der Waals surface area contributed by atoms with Gasteiger partial charge >= 0.3 is 11.8 Å². The fourth-order valence-electron chi connectivity index (χ4n) is 8.46. The van der Waals surface area contributed by atoms with Crippen LogP contribution in [0.15, 0.2) is 77.6 Å². The maximum absolute atomic E-state index is 15.6. The number of hydrogen-bond acceptors (Lipinski definition) is 10. The molecule has 5 aromatic rings. The largest absolute Gasteiger partial charge is 0.508 e. The lowest BCUT2D eigenvalue weighted by Crippen LogP contribution is -2.52. The number of carbonyl (C=O) groups excluding carboxylic acids is 4. The Morgan fingerprint density at radius 2 is 1.63 bits per heavy atom. The second-order valence-corrected chi connectivity index (χ2v) is 16.3. The zero-order chi connectivity index (χ0) is 44.7. The average Bonchev–Trinajstić information content (AvgIpc) is 3.80. The van der Waals surface area contributed by atoms with Crippen LogP contribution < -0.4 is 15.9 Å². The molecule has 2 fully saturated rings. The van der Waals surface area contributed by atoms with Gasteiger partial charge in [0.05, 0.1) is 29.9 Å². The molecule has 5 N–H and O–H groups in total. The van der Waals surface area contributed by atoms with Crippen LogP contribution >= 0.6 is 0 Å². The van der Waals surface area contributed by atoms with Gasteiger partial charge in [-0.15, -0.1) is 0 Å². The van der Waals surface area contributed by atoms with Crippen molar-refractivity contribution in [2.45, 2.75) is 64.7 Å². The van der Waals surface area contributed by atoms with Gasteiger partial charge in [0.15, 0.2) is 5.82 Å². The second-order valence-electron chi connectivity index (χ2n) is 16.3. The van der Waals surface area contributed by atoms with Crippen LogP contribution in [0.4, 0.5) is 14.9 Å². The molecular formula is C45H45FN8O9. The van der Waals surface area contributed by atoms with E-state index in [0.717, 1.165) is 15.0 Å². The Hall–Kier alpha value is -7.34. The molecule has 4 aromatic carbocycles. The van der Waals surface area contributed by atoms with Crippen LogP contribution in [0, 0.1) is 5.82 Å². The normalized spacial score (nSPS) is 16.7. The predicted octanol–water partition coefficient (Wildman–Crippen LogP) is 4.23. The van der Waals surface area contributed by atoms with Crippen molar-refractivity contribution in [3.8, 4) is 28.6 Å². The molecule has 326 valence electrons. The lowest BCUT2D eigenvalue weighted by atomic mass is 9.98. The number of anilines is 1. The van der Waals surface area contributed by atoms with E-state index < -0.39 is 41.4 Å². The standard InChI is InChI=1S/C45H45FN8O9/c1-25(2)31-20-32(38(56)21-37(31)55)41-48-49-44(61)54(41)29-11-10-28(34(46)19-29)23-50-14-16-51(17-15-50)40(58)18-26-6-8-27(9-7-26)22-53(45(62)63)35-5-3-4-30-33(35)24-52(43(30)60)36-12-13-39(57)47-42(36)59/h3-11,19-21,25,36,55-56H,12-18,22-24H2,1-2H3,(H,49,61)(H,62,63)(H,47,57,59). The smallest absolute Gasteiger partial charge is 0.412 e. The second kappa shape index (κ2) is 17.2. The third kappa shape index (κ3) is 8.48. The Morgan fingerprint density at radius 3 is 2.32 bits per heavy atom. The molecule has 1 atom stereocenters. The number of rotatable bonds is 11. The van der Waals surface area contributed by atoms with E-state index in [1.165, 1.54) is 17.0 Å². The highest BCUT2D eigenvalue weighted by atomic mass is 19.1. The van der Waals surface area contributed by atoms with Gasteiger partial charge in [0.1, 0.15) is 23.4 Å². The number of piperidine rings is 1. The summed E-state index contributed by atoms with van der Waals surface area (Å²) in [6.45, 7) is 5.85. The summed E-state index contributed by atoms with van der Waals surface area (Å²) in [5.74, 6) is -2.40. The number of fused-ring (bicyclic) bond motifs is 1. The molecular weight excluding hydrogens is 816 g/mol. The van der Waals surface area contributed by atoms with Gasteiger partial charge in [0, 0.05) is 68.4 Å². The number of carbonyl (C=O) groups is 5. The van der Waals surface area contributed by atoms with Crippen molar-refractivity contribution in [1.82, 2.24) is 34.8 Å². The predicted molar refractivity (Wildman–Crippen MR) is 226 cm³/mol. The number of amides is 5. The number of aromatic hydroxyl groups is 2. The van der Waals surface area contributed by atoms with Gasteiger partial charge in [-0.1, -0.05) is 50.2 Å². The number of aromatic amines is 1. The summed E-state index contributed by atoms with van der Waals surface area (Å²) < 4.78 is 16.8. The SMILES string of the molecule is CC(C)c1cc(-c2n[nH]c(=O)n2-c2ccc(CN3CCN(C(=O)Cc4ccc(CN(C(=O)O)c5cccc6c5CN(C5CCC(=O)NC5=O)C6=O)cc4)CC3)c(F)c2)c(O)cc1O. The van der Waals surface area contributed by atoms with Gasteiger partial charge in [-0.05, 0) is 59.4 Å². The number of piperazine rings is 1. The van der Waals surface area contributed by atoms with Gasteiger partial charge in [-0.3, -0.25) is 34.3 Å². The molecule has 0 bridgehead atoms. The number of imide groups is 1. The highest BCUT2D eigenvalue weighted by Crippen LogP contribution is 2.38. The lowest BCUT2D eigenvalue weighted by Gasteiger charge is -2.35. The number of aromatic nitrogens is 3. The number of benzene rings is 4. The molecule has 0 spiro atoms. The molecule has 0 aliphatic carbocycles. The van der Waals surface area contributed by atoms with E-state index in [0.29, 0.717) is 59.7 Å². The van der Waals surface area contributed by atoms with E-state index in [9.17, 15) is 44.1 Å². The highest BCUT2D eigenvalue weighted by Gasteiger charge is 2.41. The number of phenolic OH excluding ortho intramolecular Hbond substituents is 2. The molecule has 8 rings (SSSR count). The number of carboxylic acid groups (broad SMARTS) is 1. The van der Waals surface area contributed by atoms with Crippen LogP contribution in [0.1, 0.15) is 70.8 Å². The first-order valence-corrected chi connectivity index (χ1v) is 20.5. The maximum atomic E-state index is 15.6. The minimum absolute atomic E-state index is 0.0210. The number of nitrogens with one attached hydrogen (secondary N) is 2. The molecule has 18 heteroatoms. The number of hydrogen-bond donors (Lipinski definition) is 5. The highest BCUT2D eigenvalue weighted by molar-refractivity contribution is 6.06. The quantitative estimate of drug-likeness (QED) is 0.118. The first kappa shape index (κ1) is 42.4. The Labute approximate surface area is 360 Å². The summed E-state index contributed by atoms with van der Waals surface area (Å²) >= 11 is 0. The molecule has 63 heavy (non-hydrogen) atoms. The van der Waals surface area contributed by atoms with Crippen molar-refractivity contribution in [2.24, 2.45) is 0 Å². The molecule has 1 aromatic heterocycles. The Balaban J connectivity index is 0.863. The van der Waals surface area contributed by atoms with Crippen molar-refractivity contribution < 1.29 is 43.7 Å². The number of H-pyrrole nitrogens is 1. The van der Waals surface area contributed by atoms with E-state index in [2.05, 4.69) is 15.5 Å². The summed E-state index contributed by atoms with van der Waals surface area (Å²) in [4.78, 5) is 82.7. The van der Waals surface area contributed by atoms with Gasteiger partial charge in [0.2, 0.25) is 17.7 Å². The van der Waals surface area contributed by atoms with Gasteiger partial charge in [0.25, 0.3) is 5.91 Å². The topological polar surface area (TPSA) is 222 Å². The molecule has 1 unspecified atom stereocenters. The number of halogens is 1. The lowest BCUT2D eigenvalue weighted by molar-refractivity contribution is -0.137. The van der Waals surface area contributed by atoms with E-state index >= 15 is 4.39 Å². The Bertz CT molecular complexity index is 2710. The number of nitrogens with zero attached hydrogens (tertiary/aromatic N) is 6. The molecule has 17 nitrogen and oxygen atoms in total. The third-order valence-electron chi connectivity index (χ3n) is 11.9. The van der Waals surface area contributed by atoms with Crippen molar-refractivity contribution in [3.05, 3.63) is 122 Å². The fourth-order valence-corrected chi connectivity index (χ4v) is 8.46. The van der Waals surface area contributed by atoms with E-state index in [1.54, 1.807) is 65.6 Å². The first-order valence-electron chi connectivity index (χ1n) is 20.5. The van der Waals surface area contributed by atoms with Crippen molar-refractivity contribution in [1.29, 1.82) is 0 Å². The molecule has 2 saturated heterocycles. The molecule has 3 aliphatic heterocycles. The van der Waals surface area contributed by atoms with Crippen LogP contribution in [0.25, 0.3) is 17.1 Å². The molecule has 5 amide bonds. The summed E-state index contributed by atoms with van der Waals surface area (Å²) in [5, 5.41) is 39.9. The average molecular weight is 861 g/mol. The summed E-state index contributed by atoms with van der Waals surface area (Å²) in [6, 6.07) is 18.2.